The molecule has 2 N–H and O–H groups in total. The van der Waals surface area contributed by atoms with Crippen LogP contribution in [0.15, 0.2) is 60.4 Å². The van der Waals surface area contributed by atoms with Crippen LogP contribution in [0, 0.1) is 0 Å². The molecule has 2 heterocycles. The van der Waals surface area contributed by atoms with Crippen LogP contribution in [0.2, 0.25) is 10.0 Å². The van der Waals surface area contributed by atoms with Crippen molar-refractivity contribution in [2.45, 2.75) is 13.0 Å². The monoisotopic (exact) mass is 541 g/mol. The molecule has 37 heavy (non-hydrogen) atoms. The number of nitrogens with zero attached hydrogens (tertiary/aromatic N) is 2. The number of rotatable bonds is 6. The third-order valence-electron chi connectivity index (χ3n) is 5.71. The van der Waals surface area contributed by atoms with E-state index < -0.39 is 23.5 Å². The molecule has 1 fully saturated rings. The molecule has 0 saturated carbocycles. The van der Waals surface area contributed by atoms with Crippen LogP contribution in [0.4, 0.5) is 11.4 Å². The highest BCUT2D eigenvalue weighted by atomic mass is 35.5. The van der Waals surface area contributed by atoms with Gasteiger partial charge < -0.3 is 19.9 Å². The van der Waals surface area contributed by atoms with Gasteiger partial charge >= 0.3 is 0 Å². The van der Waals surface area contributed by atoms with Gasteiger partial charge in [0, 0.05) is 30.7 Å². The van der Waals surface area contributed by atoms with E-state index in [0.29, 0.717) is 16.9 Å². The molecule has 1 aliphatic rings. The van der Waals surface area contributed by atoms with Gasteiger partial charge in [0.25, 0.3) is 11.7 Å². The van der Waals surface area contributed by atoms with E-state index in [2.05, 4.69) is 10.3 Å². The molecule has 0 aliphatic carbocycles. The number of nitrogens with one attached hydrogen (secondary N) is 1. The molecule has 1 atom stereocenters. The zero-order valence-electron chi connectivity index (χ0n) is 19.9. The molecule has 9 nitrogen and oxygen atoms in total. The molecule has 0 radical (unpaired) electrons. The van der Waals surface area contributed by atoms with Crippen LogP contribution >= 0.6 is 23.2 Å². The van der Waals surface area contributed by atoms with Crippen molar-refractivity contribution >= 4 is 57.9 Å². The minimum Gasteiger partial charge on any atom is -0.507 e. The van der Waals surface area contributed by atoms with E-state index in [4.69, 9.17) is 32.7 Å². The van der Waals surface area contributed by atoms with E-state index in [-0.39, 0.29) is 38.6 Å². The summed E-state index contributed by atoms with van der Waals surface area (Å²) in [6.45, 7) is 1.36. The fourth-order valence-corrected chi connectivity index (χ4v) is 4.88. The molecule has 2 amide bonds. The van der Waals surface area contributed by atoms with Crippen molar-refractivity contribution in [2.24, 2.45) is 0 Å². The van der Waals surface area contributed by atoms with Crippen LogP contribution in [-0.4, -0.2) is 41.9 Å². The summed E-state index contributed by atoms with van der Waals surface area (Å²) in [5.41, 5.74) is 1.05. The maximum Gasteiger partial charge on any atom is 0.300 e. The molecule has 1 unspecified atom stereocenters. The molecule has 4 rings (SSSR count). The zero-order chi connectivity index (χ0) is 26.9. The van der Waals surface area contributed by atoms with Gasteiger partial charge in [-0.15, -0.1) is 0 Å². The summed E-state index contributed by atoms with van der Waals surface area (Å²) in [5, 5.41) is 14.2. The lowest BCUT2D eigenvalue weighted by molar-refractivity contribution is -0.132. The molecule has 0 spiro atoms. The standard InChI is InChI=1S/C26H21Cl2N3O6/c1-13(32)30-15-5-4-6-16(11-15)31-21(14-7-9-29-10-8-14)19(23(34)26(31)35)22(33)17-12-18(27)25(37-3)20(28)24(17)36-2/h4-12,21,33H,1-3H3,(H,30,32)/b22-19+. The summed E-state index contributed by atoms with van der Waals surface area (Å²) in [6, 6.07) is 10.0. The van der Waals surface area contributed by atoms with Gasteiger partial charge in [-0.3, -0.25) is 24.3 Å². The van der Waals surface area contributed by atoms with Gasteiger partial charge in [-0.2, -0.15) is 0 Å². The van der Waals surface area contributed by atoms with Crippen molar-refractivity contribution in [2.75, 3.05) is 24.4 Å². The smallest absolute Gasteiger partial charge is 0.300 e. The first kappa shape index (κ1) is 26.0. The van der Waals surface area contributed by atoms with E-state index in [9.17, 15) is 19.5 Å². The van der Waals surface area contributed by atoms with E-state index in [1.807, 2.05) is 0 Å². The second-order valence-corrected chi connectivity index (χ2v) is 8.75. The second kappa shape index (κ2) is 10.5. The molecule has 1 aliphatic heterocycles. The van der Waals surface area contributed by atoms with Crippen LogP contribution < -0.4 is 19.7 Å². The fourth-order valence-electron chi connectivity index (χ4n) is 4.19. The van der Waals surface area contributed by atoms with Gasteiger partial charge in [0.05, 0.1) is 36.4 Å². The molecule has 3 aromatic rings. The number of carbonyl (C=O) groups excluding carboxylic acids is 3. The van der Waals surface area contributed by atoms with Crippen LogP contribution in [0.1, 0.15) is 24.1 Å². The summed E-state index contributed by atoms with van der Waals surface area (Å²) in [7, 11) is 2.70. The van der Waals surface area contributed by atoms with E-state index >= 15 is 0 Å². The molecular weight excluding hydrogens is 521 g/mol. The normalized spacial score (nSPS) is 16.6. The lowest BCUT2D eigenvalue weighted by Crippen LogP contribution is -2.29. The number of hydrogen-bond donors (Lipinski definition) is 2. The van der Waals surface area contributed by atoms with E-state index in [0.717, 1.165) is 0 Å². The van der Waals surface area contributed by atoms with E-state index in [1.54, 1.807) is 36.4 Å². The average Bonchev–Trinajstić information content (AvgIpc) is 3.14. The highest BCUT2D eigenvalue weighted by Gasteiger charge is 2.47. The van der Waals surface area contributed by atoms with E-state index in [1.165, 1.54) is 44.5 Å². The number of aromatic nitrogens is 1. The molecular formula is C26H21Cl2N3O6. The lowest BCUT2D eigenvalue weighted by atomic mass is 9.95. The topological polar surface area (TPSA) is 118 Å². The summed E-state index contributed by atoms with van der Waals surface area (Å²) in [5.74, 6) is -2.53. The number of carbonyl (C=O) groups is 3. The van der Waals surface area contributed by atoms with Gasteiger partial charge in [0.15, 0.2) is 11.5 Å². The van der Waals surface area contributed by atoms with Crippen molar-refractivity contribution in [1.82, 2.24) is 4.98 Å². The number of aliphatic hydroxyl groups excluding tert-OH is 1. The van der Waals surface area contributed by atoms with Crippen LogP contribution in [-0.2, 0) is 14.4 Å². The van der Waals surface area contributed by atoms with Crippen molar-refractivity contribution in [1.29, 1.82) is 0 Å². The first-order chi connectivity index (χ1) is 17.7. The Morgan fingerprint density at radius 1 is 1.05 bits per heavy atom. The SMILES string of the molecule is COc1c(Cl)cc(/C(O)=C2\C(=O)C(=O)N(c3cccc(NC(C)=O)c3)C2c2ccncc2)c(OC)c1Cl. The second-order valence-electron chi connectivity index (χ2n) is 7.97. The maximum absolute atomic E-state index is 13.4. The van der Waals surface area contributed by atoms with Crippen molar-refractivity contribution in [3.8, 4) is 11.5 Å². The highest BCUT2D eigenvalue weighted by Crippen LogP contribution is 2.48. The number of ketones is 1. The van der Waals surface area contributed by atoms with Gasteiger partial charge in [0.2, 0.25) is 5.91 Å². The number of Topliss-reactive ketones (excluding diaryl/α,β-unsaturated/α-hetero) is 1. The van der Waals surface area contributed by atoms with Crippen LogP contribution in [0.25, 0.3) is 5.76 Å². The predicted octanol–water partition coefficient (Wildman–Crippen LogP) is 4.99. The molecule has 1 aromatic heterocycles. The lowest BCUT2D eigenvalue weighted by Gasteiger charge is -2.26. The van der Waals surface area contributed by atoms with Gasteiger partial charge in [0.1, 0.15) is 10.8 Å². The number of benzene rings is 2. The summed E-state index contributed by atoms with van der Waals surface area (Å²) < 4.78 is 10.6. The quantitative estimate of drug-likeness (QED) is 0.256. The Hall–Kier alpha value is -4.08. The number of hydrogen-bond acceptors (Lipinski definition) is 7. The van der Waals surface area contributed by atoms with Crippen LogP contribution in [0.3, 0.4) is 0 Å². The number of anilines is 2. The Morgan fingerprint density at radius 3 is 2.35 bits per heavy atom. The predicted molar refractivity (Wildman–Crippen MR) is 139 cm³/mol. The number of halogens is 2. The molecule has 0 bridgehead atoms. The Labute approximate surface area is 222 Å². The Balaban J connectivity index is 1.98. The minimum absolute atomic E-state index is 0.00218. The summed E-state index contributed by atoms with van der Waals surface area (Å²) in [4.78, 5) is 43.6. The highest BCUT2D eigenvalue weighted by molar-refractivity contribution is 6.52. The minimum atomic E-state index is -1.04. The number of aliphatic hydroxyl groups is 1. The molecule has 11 heteroatoms. The number of pyridine rings is 1. The molecule has 2 aromatic carbocycles. The molecule has 190 valence electrons. The van der Waals surface area contributed by atoms with Crippen molar-refractivity contribution in [3.63, 3.8) is 0 Å². The van der Waals surface area contributed by atoms with Gasteiger partial charge in [-0.05, 0) is 42.0 Å². The first-order valence-electron chi connectivity index (χ1n) is 10.9. The third kappa shape index (κ3) is 4.71. The summed E-state index contributed by atoms with van der Waals surface area (Å²) in [6.07, 6.45) is 3.01. The third-order valence-corrected chi connectivity index (χ3v) is 6.33. The van der Waals surface area contributed by atoms with Crippen molar-refractivity contribution in [3.05, 3.63) is 81.6 Å². The van der Waals surface area contributed by atoms with Gasteiger partial charge in [-0.25, -0.2) is 0 Å². The number of ether oxygens (including phenoxy) is 2. The fraction of sp³-hybridized carbons (Fsp3) is 0.154. The Bertz CT molecular complexity index is 1440. The van der Waals surface area contributed by atoms with Gasteiger partial charge in [-0.1, -0.05) is 29.3 Å². The number of methoxy groups -OCH3 is 2. The zero-order valence-corrected chi connectivity index (χ0v) is 21.4. The first-order valence-corrected chi connectivity index (χ1v) is 11.6. The summed E-state index contributed by atoms with van der Waals surface area (Å²) >= 11 is 12.7. The Kier molecular flexibility index (Phi) is 7.37. The maximum atomic E-state index is 13.4. The average molecular weight is 542 g/mol. The largest absolute Gasteiger partial charge is 0.507 e. The number of amides is 2. The van der Waals surface area contributed by atoms with Crippen LogP contribution in [0.5, 0.6) is 11.5 Å². The van der Waals surface area contributed by atoms with Crippen molar-refractivity contribution < 1.29 is 29.0 Å². The Morgan fingerprint density at radius 2 is 1.73 bits per heavy atom. The molecule has 1 saturated heterocycles.